The quantitative estimate of drug-likeness (QED) is 0.528. The summed E-state index contributed by atoms with van der Waals surface area (Å²) in [7, 11) is -2.50. The molecule has 2 heterocycles. The molecule has 178 valence electrons. The second-order valence-corrected chi connectivity index (χ2v) is 10.2. The van der Waals surface area contributed by atoms with E-state index in [0.717, 1.165) is 54.6 Å². The second-order valence-electron chi connectivity index (χ2n) is 8.18. The molecule has 1 aliphatic heterocycles. The average molecular weight is 482 g/mol. The molecule has 0 saturated carbocycles. The van der Waals surface area contributed by atoms with Crippen LogP contribution in [0, 0.1) is 11.3 Å². The number of amides is 1. The van der Waals surface area contributed by atoms with Crippen LogP contribution in [0.2, 0.25) is 0 Å². The van der Waals surface area contributed by atoms with E-state index < -0.39 is 15.9 Å². The van der Waals surface area contributed by atoms with Crippen molar-refractivity contribution in [1.29, 1.82) is 5.26 Å². The number of sulfonamides is 1. The number of aromatic nitrogens is 1. The smallest absolute Gasteiger partial charge is 0.243 e. The molecule has 1 amide bonds. The Hall–Kier alpha value is -3.23. The molecule has 1 saturated heterocycles. The van der Waals surface area contributed by atoms with Gasteiger partial charge in [-0.15, -0.1) is 0 Å². The molecule has 10 heteroatoms. The first-order chi connectivity index (χ1) is 16.4. The van der Waals surface area contributed by atoms with Crippen molar-refractivity contribution in [3.63, 3.8) is 0 Å². The Kier molecular flexibility index (Phi) is 7.29. The SMILES string of the molecule is CN(CC(=O)Nc1ccc2c(ccn2CCN2CCOCC2)c1)S(=O)(=O)c1ccc(C#N)cc1. The summed E-state index contributed by atoms with van der Waals surface area (Å²) in [5.41, 5.74) is 2.05. The van der Waals surface area contributed by atoms with Gasteiger partial charge in [0.15, 0.2) is 0 Å². The minimum atomic E-state index is -3.85. The number of nitrogens with zero attached hydrogens (tertiary/aromatic N) is 4. The molecule has 0 unspecified atom stereocenters. The number of hydrogen-bond acceptors (Lipinski definition) is 6. The van der Waals surface area contributed by atoms with E-state index in [1.165, 1.54) is 31.3 Å². The summed E-state index contributed by atoms with van der Waals surface area (Å²) in [6.45, 7) is 4.94. The highest BCUT2D eigenvalue weighted by Gasteiger charge is 2.23. The van der Waals surface area contributed by atoms with E-state index in [0.29, 0.717) is 11.3 Å². The van der Waals surface area contributed by atoms with E-state index in [1.54, 1.807) is 0 Å². The van der Waals surface area contributed by atoms with Crippen LogP contribution in [0.3, 0.4) is 0 Å². The topological polar surface area (TPSA) is 108 Å². The number of fused-ring (bicyclic) bond motifs is 1. The number of anilines is 1. The maximum Gasteiger partial charge on any atom is 0.243 e. The molecule has 1 aromatic heterocycles. The summed E-state index contributed by atoms with van der Waals surface area (Å²) >= 11 is 0. The summed E-state index contributed by atoms with van der Waals surface area (Å²) in [5, 5.41) is 12.7. The second kappa shape index (κ2) is 10.4. The van der Waals surface area contributed by atoms with Crippen LogP contribution in [-0.2, 0) is 26.1 Å². The van der Waals surface area contributed by atoms with Gasteiger partial charge in [-0.1, -0.05) is 0 Å². The van der Waals surface area contributed by atoms with Gasteiger partial charge >= 0.3 is 0 Å². The highest BCUT2D eigenvalue weighted by molar-refractivity contribution is 7.89. The van der Waals surface area contributed by atoms with Crippen LogP contribution in [0.4, 0.5) is 5.69 Å². The van der Waals surface area contributed by atoms with Crippen molar-refractivity contribution < 1.29 is 17.9 Å². The largest absolute Gasteiger partial charge is 0.379 e. The van der Waals surface area contributed by atoms with Gasteiger partial charge in [0.2, 0.25) is 15.9 Å². The van der Waals surface area contributed by atoms with E-state index >= 15 is 0 Å². The van der Waals surface area contributed by atoms with E-state index in [9.17, 15) is 13.2 Å². The fourth-order valence-corrected chi connectivity index (χ4v) is 5.04. The number of nitriles is 1. The van der Waals surface area contributed by atoms with Crippen LogP contribution in [0.1, 0.15) is 5.56 Å². The lowest BCUT2D eigenvalue weighted by Gasteiger charge is -2.26. The van der Waals surface area contributed by atoms with E-state index in [4.69, 9.17) is 10.00 Å². The molecule has 0 radical (unpaired) electrons. The summed E-state index contributed by atoms with van der Waals surface area (Å²) < 4.78 is 34.0. The normalized spacial score (nSPS) is 14.9. The van der Waals surface area contributed by atoms with Crippen molar-refractivity contribution in [2.45, 2.75) is 11.4 Å². The number of ether oxygens (including phenoxy) is 1. The van der Waals surface area contributed by atoms with E-state index in [2.05, 4.69) is 14.8 Å². The standard InChI is InChI=1S/C24H27N5O4S/c1-27(34(31,32)22-5-2-19(17-25)3-6-22)18-24(30)26-21-4-7-23-20(16-21)8-9-29(23)11-10-28-12-14-33-15-13-28/h2-9,16H,10-15,18H2,1H3,(H,26,30). The molecule has 34 heavy (non-hydrogen) atoms. The number of benzene rings is 2. The zero-order valence-electron chi connectivity index (χ0n) is 19.0. The molecule has 2 aromatic carbocycles. The van der Waals surface area contributed by atoms with Gasteiger partial charge in [0.25, 0.3) is 0 Å². The fraction of sp³-hybridized carbons (Fsp3) is 0.333. The molecule has 4 rings (SSSR count). The lowest BCUT2D eigenvalue weighted by molar-refractivity contribution is -0.116. The number of hydrogen-bond donors (Lipinski definition) is 1. The van der Waals surface area contributed by atoms with Crippen LogP contribution in [0.15, 0.2) is 59.6 Å². The first-order valence-corrected chi connectivity index (χ1v) is 12.5. The third kappa shape index (κ3) is 5.46. The lowest BCUT2D eigenvalue weighted by atomic mass is 10.2. The van der Waals surface area contributed by atoms with Crippen LogP contribution in [-0.4, -0.2) is 74.5 Å². The molecule has 3 aromatic rings. The number of morpholine rings is 1. The number of rotatable bonds is 8. The summed E-state index contributed by atoms with van der Waals surface area (Å²) in [5.74, 6) is -0.439. The molecule has 0 bridgehead atoms. The Bertz CT molecular complexity index is 1310. The predicted octanol–water partition coefficient (Wildman–Crippen LogP) is 2.10. The Labute approximate surface area is 199 Å². The Balaban J connectivity index is 1.37. The monoisotopic (exact) mass is 481 g/mol. The number of carbonyl (C=O) groups is 1. The van der Waals surface area contributed by atoms with E-state index in [1.807, 2.05) is 36.5 Å². The van der Waals surface area contributed by atoms with Crippen LogP contribution in [0.25, 0.3) is 10.9 Å². The van der Waals surface area contributed by atoms with Gasteiger partial charge in [-0.05, 0) is 48.5 Å². The van der Waals surface area contributed by atoms with Gasteiger partial charge < -0.3 is 14.6 Å². The van der Waals surface area contributed by atoms with Crippen molar-refractivity contribution in [3.05, 3.63) is 60.3 Å². The molecule has 0 spiro atoms. The summed E-state index contributed by atoms with van der Waals surface area (Å²) in [6, 6.07) is 15.2. The van der Waals surface area contributed by atoms with Gasteiger partial charge in [0.1, 0.15) is 0 Å². The number of nitrogens with one attached hydrogen (secondary N) is 1. The molecular weight excluding hydrogens is 454 g/mol. The van der Waals surface area contributed by atoms with Crippen molar-refractivity contribution in [2.24, 2.45) is 0 Å². The Morgan fingerprint density at radius 3 is 2.56 bits per heavy atom. The van der Waals surface area contributed by atoms with Gasteiger partial charge in [0, 0.05) is 56.0 Å². The minimum Gasteiger partial charge on any atom is -0.379 e. The highest BCUT2D eigenvalue weighted by atomic mass is 32.2. The molecule has 0 atom stereocenters. The van der Waals surface area contributed by atoms with Crippen molar-refractivity contribution in [1.82, 2.24) is 13.8 Å². The first-order valence-electron chi connectivity index (χ1n) is 11.0. The molecule has 1 fully saturated rings. The third-order valence-corrected chi connectivity index (χ3v) is 7.69. The first kappa shape index (κ1) is 23.9. The van der Waals surface area contributed by atoms with Gasteiger partial charge in [-0.2, -0.15) is 9.57 Å². The van der Waals surface area contributed by atoms with Crippen molar-refractivity contribution >= 4 is 32.5 Å². The zero-order chi connectivity index (χ0) is 24.1. The lowest BCUT2D eigenvalue weighted by Crippen LogP contribution is -2.38. The Morgan fingerprint density at radius 1 is 1.12 bits per heavy atom. The van der Waals surface area contributed by atoms with Gasteiger partial charge in [0.05, 0.1) is 36.3 Å². The zero-order valence-corrected chi connectivity index (χ0v) is 19.8. The molecular formula is C24H27N5O4S. The van der Waals surface area contributed by atoms with Crippen LogP contribution in [0.5, 0.6) is 0 Å². The predicted molar refractivity (Wildman–Crippen MR) is 129 cm³/mol. The molecule has 9 nitrogen and oxygen atoms in total. The summed E-state index contributed by atoms with van der Waals surface area (Å²) in [6.07, 6.45) is 2.04. The summed E-state index contributed by atoms with van der Waals surface area (Å²) in [4.78, 5) is 14.9. The van der Waals surface area contributed by atoms with Crippen molar-refractivity contribution in [2.75, 3.05) is 51.8 Å². The fourth-order valence-electron chi connectivity index (χ4n) is 3.92. The third-order valence-electron chi connectivity index (χ3n) is 5.87. The van der Waals surface area contributed by atoms with Crippen LogP contribution >= 0.6 is 0 Å². The van der Waals surface area contributed by atoms with Gasteiger partial charge in [-0.25, -0.2) is 8.42 Å². The maximum atomic E-state index is 12.7. The Morgan fingerprint density at radius 2 is 1.85 bits per heavy atom. The number of likely N-dealkylation sites (N-methyl/N-ethyl adjacent to an activating group) is 1. The van der Waals surface area contributed by atoms with Crippen molar-refractivity contribution in [3.8, 4) is 6.07 Å². The highest BCUT2D eigenvalue weighted by Crippen LogP contribution is 2.21. The number of carbonyl (C=O) groups excluding carboxylic acids is 1. The molecule has 1 aliphatic rings. The molecule has 1 N–H and O–H groups in total. The maximum absolute atomic E-state index is 12.7. The van der Waals surface area contributed by atoms with E-state index in [-0.39, 0.29) is 11.4 Å². The average Bonchev–Trinajstić information content (AvgIpc) is 3.25. The van der Waals surface area contributed by atoms with Crippen LogP contribution < -0.4 is 5.32 Å². The molecule has 0 aliphatic carbocycles. The van der Waals surface area contributed by atoms with Gasteiger partial charge in [-0.3, -0.25) is 9.69 Å². The minimum absolute atomic E-state index is 0.0293.